The number of rotatable bonds is 5. The first-order valence-corrected chi connectivity index (χ1v) is 6.93. The van der Waals surface area contributed by atoms with Gasteiger partial charge in [-0.15, -0.1) is 0 Å². The molecule has 0 aromatic heterocycles. The van der Waals surface area contributed by atoms with Crippen LogP contribution in [0, 0.1) is 5.92 Å². The van der Waals surface area contributed by atoms with Crippen LogP contribution < -0.4 is 0 Å². The van der Waals surface area contributed by atoms with Crippen LogP contribution in [0.4, 0.5) is 0 Å². The van der Waals surface area contributed by atoms with Crippen molar-refractivity contribution in [1.82, 2.24) is 4.90 Å². The number of likely N-dealkylation sites (tertiary alicyclic amines) is 1. The van der Waals surface area contributed by atoms with Gasteiger partial charge in [0.25, 0.3) is 0 Å². The summed E-state index contributed by atoms with van der Waals surface area (Å²) in [6.45, 7) is 3.73. The lowest BCUT2D eigenvalue weighted by atomic mass is 9.94. The molecule has 2 rings (SSSR count). The number of hydrogen-bond donors (Lipinski definition) is 1. The lowest BCUT2D eigenvalue weighted by Crippen LogP contribution is -2.34. The van der Waals surface area contributed by atoms with E-state index in [0.29, 0.717) is 6.61 Å². The molecule has 1 heterocycles. The molecule has 2 heteroatoms. The van der Waals surface area contributed by atoms with Gasteiger partial charge in [-0.1, -0.05) is 42.5 Å². The van der Waals surface area contributed by atoms with E-state index in [0.717, 1.165) is 18.9 Å². The fraction of sp³-hybridized carbons (Fsp3) is 0.500. The fourth-order valence-electron chi connectivity index (χ4n) is 2.54. The van der Waals surface area contributed by atoms with Crippen LogP contribution in [0.25, 0.3) is 6.08 Å². The second-order valence-corrected chi connectivity index (χ2v) is 5.07. The zero-order valence-electron chi connectivity index (χ0n) is 11.0. The molecule has 2 nitrogen and oxygen atoms in total. The first-order valence-electron chi connectivity index (χ1n) is 6.93. The summed E-state index contributed by atoms with van der Waals surface area (Å²) >= 11 is 0. The predicted molar refractivity (Wildman–Crippen MR) is 76.3 cm³/mol. The summed E-state index contributed by atoms with van der Waals surface area (Å²) in [6, 6.07) is 10.4. The molecule has 1 saturated heterocycles. The molecule has 0 amide bonds. The molecule has 1 N–H and O–H groups in total. The average Bonchev–Trinajstić information content (AvgIpc) is 2.42. The Balaban J connectivity index is 1.71. The van der Waals surface area contributed by atoms with Gasteiger partial charge in [-0.25, -0.2) is 0 Å². The topological polar surface area (TPSA) is 23.5 Å². The largest absolute Gasteiger partial charge is 0.396 e. The number of hydrogen-bond acceptors (Lipinski definition) is 2. The summed E-state index contributed by atoms with van der Waals surface area (Å²) < 4.78 is 0. The molecule has 0 radical (unpaired) electrons. The Morgan fingerprint density at radius 3 is 2.56 bits per heavy atom. The van der Waals surface area contributed by atoms with Gasteiger partial charge in [0, 0.05) is 13.2 Å². The first kappa shape index (κ1) is 13.3. The summed E-state index contributed by atoms with van der Waals surface area (Å²) in [5.74, 6) is 0.740. The third-order valence-corrected chi connectivity index (χ3v) is 3.72. The Labute approximate surface area is 110 Å². The molecule has 1 aromatic carbocycles. The van der Waals surface area contributed by atoms with Crippen LogP contribution >= 0.6 is 0 Å². The Morgan fingerprint density at radius 2 is 1.89 bits per heavy atom. The van der Waals surface area contributed by atoms with Crippen LogP contribution in [0.2, 0.25) is 0 Å². The van der Waals surface area contributed by atoms with E-state index in [1.54, 1.807) is 0 Å². The van der Waals surface area contributed by atoms with Gasteiger partial charge in [-0.3, -0.25) is 4.90 Å². The maximum atomic E-state index is 8.93. The Morgan fingerprint density at radius 1 is 1.17 bits per heavy atom. The zero-order valence-corrected chi connectivity index (χ0v) is 11.0. The van der Waals surface area contributed by atoms with Gasteiger partial charge < -0.3 is 5.11 Å². The van der Waals surface area contributed by atoms with Crippen LogP contribution in [0.3, 0.4) is 0 Å². The SMILES string of the molecule is OCCC1CCN(CC=Cc2ccccc2)CC1. The maximum absolute atomic E-state index is 8.93. The van der Waals surface area contributed by atoms with Gasteiger partial charge >= 0.3 is 0 Å². The molecule has 1 aliphatic rings. The van der Waals surface area contributed by atoms with Crippen molar-refractivity contribution < 1.29 is 5.11 Å². The molecule has 0 unspecified atom stereocenters. The van der Waals surface area contributed by atoms with E-state index >= 15 is 0 Å². The number of aliphatic hydroxyl groups is 1. The molecule has 1 aliphatic heterocycles. The van der Waals surface area contributed by atoms with Crippen LogP contribution in [-0.2, 0) is 0 Å². The van der Waals surface area contributed by atoms with Crippen LogP contribution in [-0.4, -0.2) is 36.2 Å². The minimum Gasteiger partial charge on any atom is -0.396 e. The van der Waals surface area contributed by atoms with Gasteiger partial charge in [0.1, 0.15) is 0 Å². The van der Waals surface area contributed by atoms with E-state index in [1.165, 1.54) is 31.5 Å². The van der Waals surface area contributed by atoms with Crippen molar-refractivity contribution in [2.75, 3.05) is 26.2 Å². The lowest BCUT2D eigenvalue weighted by Gasteiger charge is -2.30. The van der Waals surface area contributed by atoms with Crippen LogP contribution in [0.5, 0.6) is 0 Å². The van der Waals surface area contributed by atoms with E-state index in [1.807, 2.05) is 6.07 Å². The number of nitrogens with zero attached hydrogens (tertiary/aromatic N) is 1. The molecule has 0 spiro atoms. The molecule has 1 aromatic rings. The van der Waals surface area contributed by atoms with Crippen LogP contribution in [0.1, 0.15) is 24.8 Å². The normalized spacial score (nSPS) is 18.5. The quantitative estimate of drug-likeness (QED) is 0.862. The summed E-state index contributed by atoms with van der Waals surface area (Å²) in [5.41, 5.74) is 1.27. The maximum Gasteiger partial charge on any atom is 0.0433 e. The van der Waals surface area contributed by atoms with Gasteiger partial charge in [0.15, 0.2) is 0 Å². The Hall–Kier alpha value is -1.12. The number of aliphatic hydroxyl groups excluding tert-OH is 1. The van der Waals surface area contributed by atoms with Crippen molar-refractivity contribution in [3.63, 3.8) is 0 Å². The molecular formula is C16H23NO. The summed E-state index contributed by atoms with van der Waals surface area (Å²) in [7, 11) is 0. The second kappa shape index (κ2) is 7.34. The molecule has 0 atom stereocenters. The highest BCUT2D eigenvalue weighted by Crippen LogP contribution is 2.19. The lowest BCUT2D eigenvalue weighted by molar-refractivity contribution is 0.169. The molecule has 0 aliphatic carbocycles. The highest BCUT2D eigenvalue weighted by molar-refractivity contribution is 5.48. The highest BCUT2D eigenvalue weighted by Gasteiger charge is 2.17. The molecule has 0 saturated carbocycles. The molecular weight excluding hydrogens is 222 g/mol. The standard InChI is InChI=1S/C16H23NO/c18-14-10-16-8-12-17(13-9-16)11-4-7-15-5-2-1-3-6-15/h1-7,16,18H,8-14H2. The number of piperidine rings is 1. The highest BCUT2D eigenvalue weighted by atomic mass is 16.3. The zero-order chi connectivity index (χ0) is 12.6. The van der Waals surface area contributed by atoms with Crippen molar-refractivity contribution >= 4 is 6.08 Å². The minimum atomic E-state index is 0.346. The summed E-state index contributed by atoms with van der Waals surface area (Å²) in [4.78, 5) is 2.49. The van der Waals surface area contributed by atoms with E-state index in [9.17, 15) is 0 Å². The minimum absolute atomic E-state index is 0.346. The fourth-order valence-corrected chi connectivity index (χ4v) is 2.54. The third-order valence-electron chi connectivity index (χ3n) is 3.72. The molecule has 0 bridgehead atoms. The monoisotopic (exact) mass is 245 g/mol. The van der Waals surface area contributed by atoms with Crippen molar-refractivity contribution in [2.45, 2.75) is 19.3 Å². The van der Waals surface area contributed by atoms with Crippen molar-refractivity contribution in [3.8, 4) is 0 Å². The van der Waals surface area contributed by atoms with E-state index in [4.69, 9.17) is 5.11 Å². The third kappa shape index (κ3) is 4.28. The Kier molecular flexibility index (Phi) is 5.43. The Bertz CT molecular complexity index is 353. The molecule has 18 heavy (non-hydrogen) atoms. The second-order valence-electron chi connectivity index (χ2n) is 5.07. The van der Waals surface area contributed by atoms with Gasteiger partial charge in [-0.05, 0) is 43.8 Å². The van der Waals surface area contributed by atoms with Crippen molar-refractivity contribution in [2.24, 2.45) is 5.92 Å². The summed E-state index contributed by atoms with van der Waals surface area (Å²) in [5, 5.41) is 8.93. The van der Waals surface area contributed by atoms with Gasteiger partial charge in [0.05, 0.1) is 0 Å². The number of benzene rings is 1. The van der Waals surface area contributed by atoms with Crippen LogP contribution in [0.15, 0.2) is 36.4 Å². The van der Waals surface area contributed by atoms with Gasteiger partial charge in [0.2, 0.25) is 0 Å². The smallest absolute Gasteiger partial charge is 0.0433 e. The molecule has 98 valence electrons. The average molecular weight is 245 g/mol. The van der Waals surface area contributed by atoms with Gasteiger partial charge in [-0.2, -0.15) is 0 Å². The van der Waals surface area contributed by atoms with E-state index in [-0.39, 0.29) is 0 Å². The van der Waals surface area contributed by atoms with E-state index < -0.39 is 0 Å². The first-order chi connectivity index (χ1) is 8.88. The van der Waals surface area contributed by atoms with E-state index in [2.05, 4.69) is 41.3 Å². The summed E-state index contributed by atoms with van der Waals surface area (Å²) in [6.07, 6.45) is 7.90. The van der Waals surface area contributed by atoms with Crippen molar-refractivity contribution in [1.29, 1.82) is 0 Å². The van der Waals surface area contributed by atoms with Crippen molar-refractivity contribution in [3.05, 3.63) is 42.0 Å². The molecule has 1 fully saturated rings. The predicted octanol–water partition coefficient (Wildman–Crippen LogP) is 2.79.